The largest absolute Gasteiger partial charge is 0.496 e. The van der Waals surface area contributed by atoms with Crippen LogP contribution in [0.4, 0.5) is 4.39 Å². The van der Waals surface area contributed by atoms with Crippen molar-refractivity contribution in [3.63, 3.8) is 0 Å². The fraction of sp³-hybridized carbons (Fsp3) is 0.222. The predicted octanol–water partition coefficient (Wildman–Crippen LogP) is 2.92. The highest BCUT2D eigenvalue weighted by molar-refractivity contribution is 9.10. The number of hydrazine groups is 1. The SMILES string of the molecule is COc1ccc(CCC(=O)NNC(=O)Cc2ccc(F)cc2)cc1Br. The maximum absolute atomic E-state index is 12.8. The summed E-state index contributed by atoms with van der Waals surface area (Å²) in [5.74, 6) is -0.296. The van der Waals surface area contributed by atoms with E-state index in [0.717, 1.165) is 15.8 Å². The number of methoxy groups -OCH3 is 1. The van der Waals surface area contributed by atoms with Crippen LogP contribution in [0.2, 0.25) is 0 Å². The van der Waals surface area contributed by atoms with Crippen LogP contribution in [0.25, 0.3) is 0 Å². The third-order valence-corrected chi connectivity index (χ3v) is 4.10. The van der Waals surface area contributed by atoms with E-state index in [1.807, 2.05) is 18.2 Å². The Bertz CT molecular complexity index is 750. The van der Waals surface area contributed by atoms with Gasteiger partial charge in [0.25, 0.3) is 0 Å². The first-order valence-corrected chi connectivity index (χ1v) is 8.42. The number of halogens is 2. The summed E-state index contributed by atoms with van der Waals surface area (Å²) in [6.45, 7) is 0. The van der Waals surface area contributed by atoms with Crippen molar-refractivity contribution in [3.8, 4) is 5.75 Å². The molecule has 2 rings (SSSR count). The van der Waals surface area contributed by atoms with E-state index in [1.165, 1.54) is 24.3 Å². The van der Waals surface area contributed by atoms with Gasteiger partial charge in [0.05, 0.1) is 18.0 Å². The van der Waals surface area contributed by atoms with Gasteiger partial charge in [-0.05, 0) is 57.7 Å². The summed E-state index contributed by atoms with van der Waals surface area (Å²) in [6.07, 6.45) is 0.823. The van der Waals surface area contributed by atoms with Crippen molar-refractivity contribution in [1.29, 1.82) is 0 Å². The molecule has 2 amide bonds. The molecule has 0 aliphatic carbocycles. The van der Waals surface area contributed by atoms with Crippen LogP contribution in [0.15, 0.2) is 46.9 Å². The van der Waals surface area contributed by atoms with Gasteiger partial charge in [-0.1, -0.05) is 18.2 Å². The summed E-state index contributed by atoms with van der Waals surface area (Å²) in [5, 5.41) is 0. The Morgan fingerprint density at radius 2 is 1.68 bits per heavy atom. The van der Waals surface area contributed by atoms with E-state index in [1.54, 1.807) is 7.11 Å². The van der Waals surface area contributed by atoms with Crippen LogP contribution < -0.4 is 15.6 Å². The topological polar surface area (TPSA) is 67.4 Å². The van der Waals surface area contributed by atoms with Crippen LogP contribution in [0, 0.1) is 5.82 Å². The molecule has 0 bridgehead atoms. The second-order valence-corrected chi connectivity index (χ2v) is 6.22. The fourth-order valence-electron chi connectivity index (χ4n) is 2.16. The smallest absolute Gasteiger partial charge is 0.242 e. The number of carbonyl (C=O) groups excluding carboxylic acids is 2. The highest BCUT2D eigenvalue weighted by atomic mass is 79.9. The lowest BCUT2D eigenvalue weighted by atomic mass is 10.1. The molecule has 7 heteroatoms. The van der Waals surface area contributed by atoms with E-state index in [9.17, 15) is 14.0 Å². The second kappa shape index (κ2) is 9.17. The Morgan fingerprint density at radius 1 is 1.04 bits per heavy atom. The maximum Gasteiger partial charge on any atom is 0.242 e. The number of aryl methyl sites for hydroxylation is 1. The lowest BCUT2D eigenvalue weighted by molar-refractivity contribution is -0.128. The quantitative estimate of drug-likeness (QED) is 0.722. The van der Waals surface area contributed by atoms with Gasteiger partial charge >= 0.3 is 0 Å². The molecule has 25 heavy (non-hydrogen) atoms. The first kappa shape index (κ1) is 18.9. The van der Waals surface area contributed by atoms with Crippen LogP contribution >= 0.6 is 15.9 Å². The van der Waals surface area contributed by atoms with Gasteiger partial charge in [0, 0.05) is 6.42 Å². The number of carbonyl (C=O) groups is 2. The zero-order valence-electron chi connectivity index (χ0n) is 13.6. The van der Waals surface area contributed by atoms with Crippen LogP contribution in [0.1, 0.15) is 17.5 Å². The van der Waals surface area contributed by atoms with Gasteiger partial charge in [0.15, 0.2) is 0 Å². The molecule has 2 aromatic carbocycles. The average molecular weight is 409 g/mol. The van der Waals surface area contributed by atoms with Gasteiger partial charge < -0.3 is 4.74 Å². The molecule has 0 atom stereocenters. The Kier molecular flexibility index (Phi) is 6.94. The number of hydrogen-bond acceptors (Lipinski definition) is 3. The molecule has 0 fully saturated rings. The summed E-state index contributed by atoms with van der Waals surface area (Å²) >= 11 is 3.39. The van der Waals surface area contributed by atoms with Gasteiger partial charge in [0.2, 0.25) is 11.8 Å². The van der Waals surface area contributed by atoms with Crippen LogP contribution in [-0.2, 0) is 22.4 Å². The van der Waals surface area contributed by atoms with Crippen molar-refractivity contribution in [3.05, 3.63) is 63.9 Å². The molecular weight excluding hydrogens is 391 g/mol. The third-order valence-electron chi connectivity index (χ3n) is 3.48. The highest BCUT2D eigenvalue weighted by Crippen LogP contribution is 2.25. The van der Waals surface area contributed by atoms with E-state index in [4.69, 9.17) is 4.74 Å². The minimum atomic E-state index is -0.368. The van der Waals surface area contributed by atoms with Crippen molar-refractivity contribution in [2.75, 3.05) is 7.11 Å². The van der Waals surface area contributed by atoms with Crippen molar-refractivity contribution in [1.82, 2.24) is 10.9 Å². The predicted molar refractivity (Wildman–Crippen MR) is 95.4 cm³/mol. The number of benzene rings is 2. The number of rotatable bonds is 6. The number of amides is 2. The number of hydrogen-bond donors (Lipinski definition) is 2. The van der Waals surface area contributed by atoms with E-state index < -0.39 is 0 Å². The maximum atomic E-state index is 12.8. The van der Waals surface area contributed by atoms with Crippen LogP contribution in [-0.4, -0.2) is 18.9 Å². The molecule has 0 spiro atoms. The van der Waals surface area contributed by atoms with E-state index in [-0.39, 0.29) is 30.5 Å². The molecule has 2 aromatic rings. The second-order valence-electron chi connectivity index (χ2n) is 5.37. The Labute approximate surface area is 153 Å². The summed E-state index contributed by atoms with van der Waals surface area (Å²) in [6, 6.07) is 11.2. The monoisotopic (exact) mass is 408 g/mol. The first-order valence-electron chi connectivity index (χ1n) is 7.62. The van der Waals surface area contributed by atoms with Crippen LogP contribution in [0.5, 0.6) is 5.75 Å². The molecule has 0 radical (unpaired) electrons. The lowest BCUT2D eigenvalue weighted by Gasteiger charge is -2.09. The van der Waals surface area contributed by atoms with Crippen molar-refractivity contribution in [2.24, 2.45) is 0 Å². The summed E-state index contributed by atoms with van der Waals surface area (Å²) in [5.41, 5.74) is 6.36. The molecule has 132 valence electrons. The lowest BCUT2D eigenvalue weighted by Crippen LogP contribution is -2.42. The van der Waals surface area contributed by atoms with Gasteiger partial charge in [-0.15, -0.1) is 0 Å². The molecule has 0 aliphatic heterocycles. The Balaban J connectivity index is 1.74. The van der Waals surface area contributed by atoms with Crippen LogP contribution in [0.3, 0.4) is 0 Å². The van der Waals surface area contributed by atoms with E-state index in [0.29, 0.717) is 12.0 Å². The molecule has 2 N–H and O–H groups in total. The number of ether oxygens (including phenoxy) is 1. The summed E-state index contributed by atoms with van der Waals surface area (Å²) in [7, 11) is 1.59. The number of nitrogens with one attached hydrogen (secondary N) is 2. The minimum absolute atomic E-state index is 0.0615. The molecular formula is C18H18BrFN2O3. The fourth-order valence-corrected chi connectivity index (χ4v) is 2.75. The van der Waals surface area contributed by atoms with Gasteiger partial charge in [0.1, 0.15) is 11.6 Å². The molecule has 0 saturated carbocycles. The Morgan fingerprint density at radius 3 is 2.32 bits per heavy atom. The molecule has 5 nitrogen and oxygen atoms in total. The standard InChI is InChI=1S/C18H18BrFN2O3/c1-25-16-8-4-12(10-15(16)19)5-9-17(23)21-22-18(24)11-13-2-6-14(20)7-3-13/h2-4,6-8,10H,5,9,11H2,1H3,(H,21,23)(H,22,24). The molecule has 0 saturated heterocycles. The van der Waals surface area contributed by atoms with Crippen molar-refractivity contribution >= 4 is 27.7 Å². The average Bonchev–Trinajstić information content (AvgIpc) is 2.60. The summed E-state index contributed by atoms with van der Waals surface area (Å²) in [4.78, 5) is 23.6. The molecule has 0 heterocycles. The van der Waals surface area contributed by atoms with Gasteiger partial charge in [-0.2, -0.15) is 0 Å². The Hall–Kier alpha value is -2.41. The normalized spacial score (nSPS) is 10.2. The van der Waals surface area contributed by atoms with Gasteiger partial charge in [-0.3, -0.25) is 20.4 Å². The first-order chi connectivity index (χ1) is 12.0. The van der Waals surface area contributed by atoms with E-state index >= 15 is 0 Å². The van der Waals surface area contributed by atoms with Gasteiger partial charge in [-0.25, -0.2) is 4.39 Å². The van der Waals surface area contributed by atoms with Crippen molar-refractivity contribution in [2.45, 2.75) is 19.3 Å². The van der Waals surface area contributed by atoms with Crippen molar-refractivity contribution < 1.29 is 18.7 Å². The molecule has 0 aliphatic rings. The summed E-state index contributed by atoms with van der Waals surface area (Å²) < 4.78 is 18.8. The minimum Gasteiger partial charge on any atom is -0.496 e. The zero-order chi connectivity index (χ0) is 18.2. The highest BCUT2D eigenvalue weighted by Gasteiger charge is 2.08. The molecule has 0 aromatic heterocycles. The molecule has 0 unspecified atom stereocenters. The zero-order valence-corrected chi connectivity index (χ0v) is 15.2. The van der Waals surface area contributed by atoms with E-state index in [2.05, 4.69) is 26.8 Å². The third kappa shape index (κ3) is 6.19.